The number of thiophene rings is 1. The lowest BCUT2D eigenvalue weighted by atomic mass is 9.95. The second kappa shape index (κ2) is 8.20. The van der Waals surface area contributed by atoms with Crippen molar-refractivity contribution >= 4 is 50.8 Å². The summed E-state index contributed by atoms with van der Waals surface area (Å²) in [6, 6.07) is 7.84. The topological polar surface area (TPSA) is 127 Å². The molecule has 1 aromatic carbocycles. The molecule has 0 atom stereocenters. The van der Waals surface area contributed by atoms with Crippen LogP contribution >= 0.6 is 23.1 Å². The Bertz CT molecular complexity index is 1290. The number of hydrogen-bond donors (Lipinski definition) is 3. The van der Waals surface area contributed by atoms with Crippen LogP contribution in [-0.4, -0.2) is 32.7 Å². The molecule has 2 amide bonds. The normalized spacial score (nSPS) is 13.3. The molecule has 4 N–H and O–H groups in total. The zero-order chi connectivity index (χ0) is 21.4. The van der Waals surface area contributed by atoms with Gasteiger partial charge in [0.25, 0.3) is 17.0 Å². The van der Waals surface area contributed by atoms with Crippen LogP contribution in [-0.2, 0) is 17.6 Å². The Labute approximate surface area is 185 Å². The third-order valence-corrected chi connectivity index (χ3v) is 7.25. The molecule has 0 radical (unpaired) electrons. The number of carbonyl (C=O) groups excluding carboxylic acids is 2. The monoisotopic (exact) mass is 453 g/mol. The summed E-state index contributed by atoms with van der Waals surface area (Å²) in [7, 11) is 0. The van der Waals surface area contributed by atoms with Gasteiger partial charge in [0, 0.05) is 22.0 Å². The number of aromatic amines is 1. The van der Waals surface area contributed by atoms with Crippen molar-refractivity contribution in [2.24, 2.45) is 5.73 Å². The Morgan fingerprint density at radius 3 is 2.94 bits per heavy atom. The Morgan fingerprint density at radius 2 is 2.06 bits per heavy atom. The molecule has 0 aliphatic heterocycles. The molecule has 3 aromatic heterocycles. The van der Waals surface area contributed by atoms with Crippen LogP contribution in [0.25, 0.3) is 22.4 Å². The molecule has 0 fully saturated rings. The van der Waals surface area contributed by atoms with Gasteiger partial charge in [-0.3, -0.25) is 9.59 Å². The largest absolute Gasteiger partial charge is 0.411 e. The fourth-order valence-electron chi connectivity index (χ4n) is 3.83. The second-order valence-electron chi connectivity index (χ2n) is 7.24. The standard InChI is InChI=1S/C21H19N5O3S2/c22-18(28)17-12-6-2-4-8-15(12)31-20(17)24-16(27)10-30-21-26-25-19(29-21)13-9-23-14-7-3-1-5-11(13)14/h1,3,5,7,9,23H,2,4,6,8,10H2,(H2,22,28)(H,24,27). The van der Waals surface area contributed by atoms with Crippen molar-refractivity contribution in [3.63, 3.8) is 0 Å². The maximum absolute atomic E-state index is 12.5. The molecule has 8 nitrogen and oxygen atoms in total. The molecule has 0 spiro atoms. The number of aryl methyl sites for hydroxylation is 1. The minimum Gasteiger partial charge on any atom is -0.411 e. The lowest BCUT2D eigenvalue weighted by Crippen LogP contribution is -2.19. The first-order chi connectivity index (χ1) is 15.1. The molecule has 158 valence electrons. The van der Waals surface area contributed by atoms with Crippen molar-refractivity contribution in [2.45, 2.75) is 30.9 Å². The maximum Gasteiger partial charge on any atom is 0.277 e. The minimum absolute atomic E-state index is 0.0796. The van der Waals surface area contributed by atoms with Crippen LogP contribution in [0.2, 0.25) is 0 Å². The number of rotatable bonds is 6. The molecule has 1 aliphatic rings. The van der Waals surface area contributed by atoms with Crippen LogP contribution in [0.4, 0.5) is 5.00 Å². The molecular weight excluding hydrogens is 434 g/mol. The van der Waals surface area contributed by atoms with E-state index in [1.165, 1.54) is 11.3 Å². The van der Waals surface area contributed by atoms with Crippen molar-refractivity contribution < 1.29 is 14.0 Å². The second-order valence-corrected chi connectivity index (χ2v) is 9.27. The number of benzene rings is 1. The molecular formula is C21H19N5O3S2. The van der Waals surface area contributed by atoms with Gasteiger partial charge in [0.05, 0.1) is 16.9 Å². The number of aromatic nitrogens is 3. The first kappa shape index (κ1) is 19.8. The fourth-order valence-corrected chi connectivity index (χ4v) is 5.70. The van der Waals surface area contributed by atoms with Crippen LogP contribution < -0.4 is 11.1 Å². The molecule has 10 heteroatoms. The number of para-hydroxylation sites is 1. The third-order valence-electron chi connectivity index (χ3n) is 5.22. The van der Waals surface area contributed by atoms with E-state index in [0.29, 0.717) is 21.7 Å². The average molecular weight is 454 g/mol. The summed E-state index contributed by atoms with van der Waals surface area (Å²) in [5.74, 6) is -0.279. The van der Waals surface area contributed by atoms with Gasteiger partial charge in [0.1, 0.15) is 5.00 Å². The molecule has 0 saturated heterocycles. The van der Waals surface area contributed by atoms with Gasteiger partial charge < -0.3 is 20.5 Å². The molecule has 4 aromatic rings. The highest BCUT2D eigenvalue weighted by atomic mass is 32.2. The number of nitrogens with zero attached hydrogens (tertiary/aromatic N) is 2. The van der Waals surface area contributed by atoms with E-state index in [1.54, 1.807) is 0 Å². The first-order valence-electron chi connectivity index (χ1n) is 9.87. The first-order valence-corrected chi connectivity index (χ1v) is 11.7. The van der Waals surface area contributed by atoms with E-state index in [1.807, 2.05) is 30.5 Å². The molecule has 31 heavy (non-hydrogen) atoms. The van der Waals surface area contributed by atoms with Crippen LogP contribution in [0, 0.1) is 0 Å². The number of anilines is 1. The summed E-state index contributed by atoms with van der Waals surface area (Å²) in [6.07, 6.45) is 5.69. The van der Waals surface area contributed by atoms with E-state index < -0.39 is 5.91 Å². The smallest absolute Gasteiger partial charge is 0.277 e. The van der Waals surface area contributed by atoms with Gasteiger partial charge >= 0.3 is 0 Å². The number of fused-ring (bicyclic) bond motifs is 2. The Morgan fingerprint density at radius 1 is 1.23 bits per heavy atom. The number of carbonyl (C=O) groups is 2. The molecule has 1 aliphatic carbocycles. The third kappa shape index (κ3) is 3.84. The molecule has 0 unspecified atom stereocenters. The van der Waals surface area contributed by atoms with E-state index in [2.05, 4.69) is 20.5 Å². The van der Waals surface area contributed by atoms with Gasteiger partial charge in [-0.2, -0.15) is 0 Å². The minimum atomic E-state index is -0.498. The highest BCUT2D eigenvalue weighted by Gasteiger charge is 2.25. The zero-order valence-electron chi connectivity index (χ0n) is 16.4. The summed E-state index contributed by atoms with van der Waals surface area (Å²) in [5.41, 5.74) is 8.83. The number of hydrogen-bond acceptors (Lipinski definition) is 7. The Kier molecular flexibility index (Phi) is 5.24. The highest BCUT2D eigenvalue weighted by molar-refractivity contribution is 7.99. The van der Waals surface area contributed by atoms with Crippen LogP contribution in [0.1, 0.15) is 33.6 Å². The lowest BCUT2D eigenvalue weighted by Gasteiger charge is -2.11. The lowest BCUT2D eigenvalue weighted by molar-refractivity contribution is -0.113. The molecule has 0 saturated carbocycles. The Balaban J connectivity index is 1.27. The number of nitrogens with one attached hydrogen (secondary N) is 2. The van der Waals surface area contributed by atoms with E-state index in [0.717, 1.165) is 64.4 Å². The predicted octanol–water partition coefficient (Wildman–Crippen LogP) is 3.99. The number of H-pyrrole nitrogens is 1. The van der Waals surface area contributed by atoms with Gasteiger partial charge in [-0.1, -0.05) is 30.0 Å². The number of thioether (sulfide) groups is 1. The Hall–Kier alpha value is -3.11. The van der Waals surface area contributed by atoms with Crippen molar-refractivity contribution in [2.75, 3.05) is 11.1 Å². The highest BCUT2D eigenvalue weighted by Crippen LogP contribution is 2.38. The quantitative estimate of drug-likeness (QED) is 0.379. The summed E-state index contributed by atoms with van der Waals surface area (Å²) >= 11 is 2.59. The van der Waals surface area contributed by atoms with Crippen molar-refractivity contribution in [1.82, 2.24) is 15.2 Å². The molecule has 0 bridgehead atoms. The predicted molar refractivity (Wildman–Crippen MR) is 120 cm³/mol. The number of nitrogens with two attached hydrogens (primary N) is 1. The summed E-state index contributed by atoms with van der Waals surface area (Å²) < 4.78 is 5.73. The van der Waals surface area contributed by atoms with Gasteiger partial charge in [-0.15, -0.1) is 21.5 Å². The number of amides is 2. The van der Waals surface area contributed by atoms with Crippen LogP contribution in [0.15, 0.2) is 40.1 Å². The fraction of sp³-hybridized carbons (Fsp3) is 0.238. The van der Waals surface area contributed by atoms with Crippen LogP contribution in [0.3, 0.4) is 0 Å². The number of primary amides is 1. The van der Waals surface area contributed by atoms with Crippen molar-refractivity contribution in [3.05, 3.63) is 46.5 Å². The summed E-state index contributed by atoms with van der Waals surface area (Å²) in [4.78, 5) is 28.8. The van der Waals surface area contributed by atoms with Gasteiger partial charge in [0.15, 0.2) is 0 Å². The average Bonchev–Trinajstić information content (AvgIpc) is 3.48. The summed E-state index contributed by atoms with van der Waals surface area (Å²) in [6.45, 7) is 0. The van der Waals surface area contributed by atoms with Crippen LogP contribution in [0.5, 0.6) is 0 Å². The molecule has 5 rings (SSSR count). The summed E-state index contributed by atoms with van der Waals surface area (Å²) in [5, 5.41) is 12.8. The van der Waals surface area contributed by atoms with E-state index in [9.17, 15) is 9.59 Å². The van der Waals surface area contributed by atoms with E-state index in [4.69, 9.17) is 10.2 Å². The molecule has 3 heterocycles. The SMILES string of the molecule is NC(=O)c1c(NC(=O)CSc2nnc(-c3c[nH]c4ccccc34)o2)sc2c1CCCC2. The van der Waals surface area contributed by atoms with Crippen molar-refractivity contribution in [1.29, 1.82) is 0 Å². The van der Waals surface area contributed by atoms with Gasteiger partial charge in [-0.05, 0) is 37.3 Å². The van der Waals surface area contributed by atoms with E-state index >= 15 is 0 Å². The maximum atomic E-state index is 12.5. The van der Waals surface area contributed by atoms with Crippen molar-refractivity contribution in [3.8, 4) is 11.5 Å². The zero-order valence-corrected chi connectivity index (χ0v) is 18.1. The van der Waals surface area contributed by atoms with Gasteiger partial charge in [0.2, 0.25) is 5.91 Å². The van der Waals surface area contributed by atoms with Gasteiger partial charge in [-0.25, -0.2) is 0 Å². The van der Waals surface area contributed by atoms with E-state index in [-0.39, 0.29) is 11.7 Å².